The molecule has 0 aliphatic carbocycles. The number of carboxylic acid groups (broad SMARTS) is 1. The quantitative estimate of drug-likeness (QED) is 0.597. The minimum absolute atomic E-state index is 0.0136. The highest BCUT2D eigenvalue weighted by atomic mass is 127. The molecule has 9 heteroatoms. The lowest BCUT2D eigenvalue weighted by atomic mass is 10.2. The van der Waals surface area contributed by atoms with Gasteiger partial charge in [-0.3, -0.25) is 0 Å². The monoisotopic (exact) mass is 425 g/mol. The van der Waals surface area contributed by atoms with Crippen molar-refractivity contribution in [3.8, 4) is 5.88 Å². The van der Waals surface area contributed by atoms with Crippen molar-refractivity contribution >= 4 is 44.5 Å². The normalized spacial score (nSPS) is 11.4. The zero-order valence-corrected chi connectivity index (χ0v) is 11.6. The third-order valence-corrected chi connectivity index (χ3v) is 2.97. The van der Waals surface area contributed by atoms with Crippen LogP contribution in [0.2, 0.25) is 0 Å². The first-order valence-electron chi connectivity index (χ1n) is 3.99. The molecular formula is C8H4BrF3INO3. The number of halogens is 5. The van der Waals surface area contributed by atoms with Gasteiger partial charge in [-0.2, -0.15) is 0 Å². The summed E-state index contributed by atoms with van der Waals surface area (Å²) in [5.41, 5.74) is -0.166. The zero-order valence-electron chi connectivity index (χ0n) is 7.89. The Bertz CT molecular complexity index is 452. The molecular weight excluding hydrogens is 422 g/mol. The number of aromatic carboxylic acids is 1. The highest BCUT2D eigenvalue weighted by Crippen LogP contribution is 2.26. The van der Waals surface area contributed by atoms with Gasteiger partial charge in [0.15, 0.2) is 0 Å². The Morgan fingerprint density at radius 3 is 2.59 bits per heavy atom. The molecule has 4 nitrogen and oxygen atoms in total. The summed E-state index contributed by atoms with van der Waals surface area (Å²) in [7, 11) is 0. The molecule has 0 fully saturated rings. The molecule has 0 amide bonds. The van der Waals surface area contributed by atoms with Crippen LogP contribution in [0.5, 0.6) is 5.88 Å². The van der Waals surface area contributed by atoms with E-state index >= 15 is 0 Å². The molecule has 1 heterocycles. The fourth-order valence-electron chi connectivity index (χ4n) is 1.03. The highest BCUT2D eigenvalue weighted by Gasteiger charge is 2.32. The van der Waals surface area contributed by atoms with E-state index < -0.39 is 18.2 Å². The molecule has 0 aromatic carbocycles. The number of carbonyl (C=O) groups is 1. The van der Waals surface area contributed by atoms with Crippen LogP contribution >= 0.6 is 38.5 Å². The first-order valence-corrected chi connectivity index (χ1v) is 6.19. The van der Waals surface area contributed by atoms with Gasteiger partial charge in [0.1, 0.15) is 0 Å². The molecule has 0 aliphatic rings. The number of hydrogen-bond donors (Lipinski definition) is 1. The van der Waals surface area contributed by atoms with Gasteiger partial charge < -0.3 is 9.84 Å². The smallest absolute Gasteiger partial charge is 0.478 e. The molecule has 0 saturated carbocycles. The molecule has 94 valence electrons. The number of rotatable bonds is 3. The van der Waals surface area contributed by atoms with Crippen molar-refractivity contribution in [1.82, 2.24) is 4.98 Å². The van der Waals surface area contributed by atoms with Crippen molar-refractivity contribution in [1.29, 1.82) is 0 Å². The predicted octanol–water partition coefficient (Wildman–Crippen LogP) is 3.18. The van der Waals surface area contributed by atoms with E-state index in [9.17, 15) is 18.0 Å². The molecule has 17 heavy (non-hydrogen) atoms. The number of ether oxygens (including phenoxy) is 1. The Balaban J connectivity index is 3.23. The van der Waals surface area contributed by atoms with Crippen molar-refractivity contribution in [3.63, 3.8) is 0 Å². The second-order valence-corrected chi connectivity index (χ2v) is 4.47. The largest absolute Gasteiger partial charge is 0.574 e. The van der Waals surface area contributed by atoms with Crippen LogP contribution in [0.1, 0.15) is 16.1 Å². The van der Waals surface area contributed by atoms with Crippen molar-refractivity contribution in [2.75, 3.05) is 0 Å². The van der Waals surface area contributed by atoms with Crippen LogP contribution in [0.4, 0.5) is 13.2 Å². The lowest BCUT2D eigenvalue weighted by Crippen LogP contribution is -2.19. The fraction of sp³-hybridized carbons (Fsp3) is 0.250. The molecule has 0 saturated heterocycles. The Hall–Kier alpha value is -0.580. The van der Waals surface area contributed by atoms with E-state index in [1.807, 2.05) is 0 Å². The van der Waals surface area contributed by atoms with Crippen LogP contribution in [0.25, 0.3) is 0 Å². The summed E-state index contributed by atoms with van der Waals surface area (Å²) in [6, 6.07) is 0.920. The Morgan fingerprint density at radius 2 is 2.18 bits per heavy atom. The standard InChI is InChI=1S/C8H4BrF3INO3/c9-2-4-6(7(15)16)3(13)1-5(14-4)17-8(10,11)12/h1H,2H2,(H,15,16). The van der Waals surface area contributed by atoms with Crippen molar-refractivity contribution in [3.05, 3.63) is 20.9 Å². The van der Waals surface area contributed by atoms with E-state index in [0.29, 0.717) is 0 Å². The molecule has 1 aromatic rings. The van der Waals surface area contributed by atoms with Crippen LogP contribution in [0, 0.1) is 3.57 Å². The van der Waals surface area contributed by atoms with Crippen LogP contribution < -0.4 is 4.74 Å². The van der Waals surface area contributed by atoms with Crippen molar-refractivity contribution in [2.24, 2.45) is 0 Å². The summed E-state index contributed by atoms with van der Waals surface area (Å²) in [6.07, 6.45) is -4.86. The first-order chi connectivity index (χ1) is 7.74. The van der Waals surface area contributed by atoms with E-state index in [4.69, 9.17) is 5.11 Å². The Kier molecular flexibility index (Phi) is 4.58. The second kappa shape index (κ2) is 5.38. The van der Waals surface area contributed by atoms with Gasteiger partial charge in [0.2, 0.25) is 5.88 Å². The average molecular weight is 426 g/mol. The summed E-state index contributed by atoms with van der Waals surface area (Å²) < 4.78 is 39.7. The number of hydrogen-bond acceptors (Lipinski definition) is 3. The molecule has 0 radical (unpaired) electrons. The lowest BCUT2D eigenvalue weighted by Gasteiger charge is -2.11. The summed E-state index contributed by atoms with van der Waals surface area (Å²) in [4.78, 5) is 14.4. The summed E-state index contributed by atoms with van der Waals surface area (Å²) in [6.45, 7) is 0. The molecule has 0 unspecified atom stereocenters. The second-order valence-electron chi connectivity index (χ2n) is 2.75. The maximum absolute atomic E-state index is 12.0. The Morgan fingerprint density at radius 1 is 1.59 bits per heavy atom. The average Bonchev–Trinajstić information content (AvgIpc) is 2.12. The van der Waals surface area contributed by atoms with E-state index in [-0.39, 0.29) is 20.2 Å². The minimum atomic E-state index is -4.86. The van der Waals surface area contributed by atoms with Gasteiger partial charge in [0, 0.05) is 15.0 Å². The SMILES string of the molecule is O=C(O)c1c(I)cc(OC(F)(F)F)nc1CBr. The highest BCUT2D eigenvalue weighted by molar-refractivity contribution is 14.1. The third kappa shape index (κ3) is 3.98. The number of alkyl halides is 4. The molecule has 0 bridgehead atoms. The lowest BCUT2D eigenvalue weighted by molar-refractivity contribution is -0.276. The van der Waals surface area contributed by atoms with Crippen molar-refractivity contribution in [2.45, 2.75) is 11.7 Å². The minimum Gasteiger partial charge on any atom is -0.478 e. The maximum atomic E-state index is 12.0. The van der Waals surface area contributed by atoms with Crippen LogP contribution in [-0.4, -0.2) is 22.4 Å². The van der Waals surface area contributed by atoms with Gasteiger partial charge in [-0.05, 0) is 22.6 Å². The first kappa shape index (κ1) is 14.5. The van der Waals surface area contributed by atoms with Gasteiger partial charge in [0.25, 0.3) is 0 Å². The van der Waals surface area contributed by atoms with E-state index in [0.717, 1.165) is 6.07 Å². The van der Waals surface area contributed by atoms with Crippen LogP contribution in [0.3, 0.4) is 0 Å². The predicted molar refractivity (Wildman–Crippen MR) is 63.2 cm³/mol. The van der Waals surface area contributed by atoms with Gasteiger partial charge >= 0.3 is 12.3 Å². The van der Waals surface area contributed by atoms with Gasteiger partial charge in [-0.15, -0.1) is 13.2 Å². The maximum Gasteiger partial charge on any atom is 0.574 e. The van der Waals surface area contributed by atoms with E-state index in [1.54, 1.807) is 22.6 Å². The topological polar surface area (TPSA) is 59.4 Å². The molecule has 1 N–H and O–H groups in total. The number of nitrogens with zero attached hydrogens (tertiary/aromatic N) is 1. The number of pyridine rings is 1. The van der Waals surface area contributed by atoms with Crippen molar-refractivity contribution < 1.29 is 27.8 Å². The van der Waals surface area contributed by atoms with Crippen LogP contribution in [-0.2, 0) is 5.33 Å². The summed E-state index contributed by atoms with van der Waals surface area (Å²) in [5, 5.41) is 8.89. The molecule has 0 atom stereocenters. The molecule has 1 rings (SSSR count). The molecule has 0 aliphatic heterocycles. The number of aromatic nitrogens is 1. The number of carboxylic acids is 1. The third-order valence-electron chi connectivity index (χ3n) is 1.58. The van der Waals surface area contributed by atoms with Crippen LogP contribution in [0.15, 0.2) is 6.07 Å². The molecule has 0 spiro atoms. The fourth-order valence-corrected chi connectivity index (χ4v) is 2.25. The molecule has 1 aromatic heterocycles. The Labute approximate surface area is 115 Å². The van der Waals surface area contributed by atoms with E-state index in [1.165, 1.54) is 0 Å². The summed E-state index contributed by atoms with van der Waals surface area (Å²) in [5.74, 6) is -1.93. The zero-order chi connectivity index (χ0) is 13.2. The van der Waals surface area contributed by atoms with E-state index in [2.05, 4.69) is 25.7 Å². The van der Waals surface area contributed by atoms with Gasteiger partial charge in [-0.25, -0.2) is 9.78 Å². The van der Waals surface area contributed by atoms with Gasteiger partial charge in [-0.1, -0.05) is 15.9 Å². The van der Waals surface area contributed by atoms with Gasteiger partial charge in [0.05, 0.1) is 11.3 Å². The summed E-state index contributed by atoms with van der Waals surface area (Å²) >= 11 is 4.57.